The van der Waals surface area contributed by atoms with Crippen LogP contribution in [0.1, 0.15) is 30.5 Å². The van der Waals surface area contributed by atoms with Crippen molar-refractivity contribution in [1.29, 1.82) is 0 Å². The molecule has 0 atom stereocenters. The molecule has 0 bridgehead atoms. The number of ether oxygens (including phenoxy) is 1. The number of likely N-dealkylation sites (tertiary alicyclic amines) is 1. The van der Waals surface area contributed by atoms with Crippen LogP contribution in [0.2, 0.25) is 0 Å². The van der Waals surface area contributed by atoms with Crippen molar-refractivity contribution < 1.29 is 27.1 Å². The fourth-order valence-corrected chi connectivity index (χ4v) is 3.62. The molecule has 1 aliphatic heterocycles. The smallest absolute Gasteiger partial charge is 0.392 e. The molecule has 180 valence electrons. The first kappa shape index (κ1) is 24.8. The summed E-state index contributed by atoms with van der Waals surface area (Å²) in [5.41, 5.74) is 1.39. The molecule has 2 aromatic rings. The number of aromatic nitrogens is 1. The molecule has 10 heteroatoms. The first-order valence-electron chi connectivity index (χ1n) is 10.8. The van der Waals surface area contributed by atoms with Gasteiger partial charge in [0.25, 0.3) is 0 Å². The molecule has 1 fully saturated rings. The van der Waals surface area contributed by atoms with Crippen LogP contribution in [0.25, 0.3) is 0 Å². The number of pyridine rings is 1. The van der Waals surface area contributed by atoms with E-state index in [-0.39, 0.29) is 25.2 Å². The van der Waals surface area contributed by atoms with E-state index < -0.39 is 25.0 Å². The summed E-state index contributed by atoms with van der Waals surface area (Å²) in [7, 11) is 2.04. The van der Waals surface area contributed by atoms with Crippen LogP contribution in [-0.4, -0.2) is 59.8 Å². The summed E-state index contributed by atoms with van der Waals surface area (Å²) in [6.07, 6.45) is -2.48. The number of nitrogens with zero attached hydrogens (tertiary/aromatic N) is 3. The van der Waals surface area contributed by atoms with Gasteiger partial charge in [0.15, 0.2) is 0 Å². The molecule has 0 unspecified atom stereocenters. The average Bonchev–Trinajstić information content (AvgIpc) is 2.78. The topological polar surface area (TPSA) is 57.7 Å². The first-order chi connectivity index (χ1) is 15.7. The van der Waals surface area contributed by atoms with Crippen molar-refractivity contribution in [2.75, 3.05) is 26.7 Å². The Hall–Kier alpha value is -2.88. The predicted octanol–water partition coefficient (Wildman–Crippen LogP) is 4.36. The van der Waals surface area contributed by atoms with Gasteiger partial charge < -0.3 is 19.9 Å². The lowest BCUT2D eigenvalue weighted by molar-refractivity contribution is -0.139. The number of amides is 2. The van der Waals surface area contributed by atoms with E-state index in [9.17, 15) is 22.4 Å². The minimum atomic E-state index is -4.26. The molecule has 1 aliphatic rings. The Morgan fingerprint density at radius 3 is 2.48 bits per heavy atom. The normalized spacial score (nSPS) is 15.3. The van der Waals surface area contributed by atoms with Gasteiger partial charge in [0.1, 0.15) is 11.6 Å². The third kappa shape index (κ3) is 8.20. The lowest BCUT2D eigenvalue weighted by Gasteiger charge is -2.37. The number of alkyl halides is 3. The lowest BCUT2D eigenvalue weighted by atomic mass is 10.0. The van der Waals surface area contributed by atoms with E-state index in [1.807, 2.05) is 7.05 Å². The molecule has 1 aromatic carbocycles. The summed E-state index contributed by atoms with van der Waals surface area (Å²) in [6, 6.07) is 9.24. The van der Waals surface area contributed by atoms with Gasteiger partial charge in [0, 0.05) is 12.6 Å². The maximum absolute atomic E-state index is 13.2. The second-order valence-corrected chi connectivity index (χ2v) is 8.15. The molecule has 0 spiro atoms. The summed E-state index contributed by atoms with van der Waals surface area (Å²) in [4.78, 5) is 21.1. The van der Waals surface area contributed by atoms with E-state index in [0.29, 0.717) is 11.4 Å². The van der Waals surface area contributed by atoms with Gasteiger partial charge in [-0.1, -0.05) is 12.1 Å². The predicted molar refractivity (Wildman–Crippen MR) is 115 cm³/mol. The fraction of sp³-hybridized carbons (Fsp3) is 0.478. The highest BCUT2D eigenvalue weighted by atomic mass is 19.4. The summed E-state index contributed by atoms with van der Waals surface area (Å²) >= 11 is 0. The van der Waals surface area contributed by atoms with Crippen molar-refractivity contribution in [3.63, 3.8) is 0 Å². The molecule has 3 rings (SSSR count). The van der Waals surface area contributed by atoms with Crippen molar-refractivity contribution in [3.8, 4) is 5.75 Å². The molecule has 1 aromatic heterocycles. The quantitative estimate of drug-likeness (QED) is 0.585. The SMILES string of the molecule is CN1CCC(N(Cc2ccc(F)cn2)C(=O)NCc2ccc(OCCC(F)(F)F)cc2)CC1. The summed E-state index contributed by atoms with van der Waals surface area (Å²) in [6.45, 7) is 1.83. The minimum Gasteiger partial charge on any atom is -0.493 e. The molecule has 2 heterocycles. The van der Waals surface area contributed by atoms with Crippen molar-refractivity contribution in [3.05, 3.63) is 59.7 Å². The van der Waals surface area contributed by atoms with Crippen LogP contribution in [0, 0.1) is 5.82 Å². The van der Waals surface area contributed by atoms with E-state index in [1.54, 1.807) is 35.2 Å². The third-order valence-electron chi connectivity index (χ3n) is 5.53. The van der Waals surface area contributed by atoms with Gasteiger partial charge in [-0.05, 0) is 62.8 Å². The number of hydrogen-bond acceptors (Lipinski definition) is 4. The number of urea groups is 1. The van der Waals surface area contributed by atoms with Crippen LogP contribution in [-0.2, 0) is 13.1 Å². The fourth-order valence-electron chi connectivity index (χ4n) is 3.62. The van der Waals surface area contributed by atoms with Gasteiger partial charge in [-0.2, -0.15) is 13.2 Å². The van der Waals surface area contributed by atoms with Crippen LogP contribution < -0.4 is 10.1 Å². The number of nitrogens with one attached hydrogen (secondary N) is 1. The molecule has 0 radical (unpaired) electrons. The number of benzene rings is 1. The molecule has 1 saturated heterocycles. The van der Waals surface area contributed by atoms with Crippen molar-refractivity contribution in [1.82, 2.24) is 20.1 Å². The van der Waals surface area contributed by atoms with E-state index in [0.717, 1.165) is 37.7 Å². The second kappa shape index (κ2) is 11.3. The summed E-state index contributed by atoms with van der Waals surface area (Å²) in [5.74, 6) is -0.0930. The number of hydrogen-bond donors (Lipinski definition) is 1. The van der Waals surface area contributed by atoms with Crippen LogP contribution in [0.15, 0.2) is 42.6 Å². The van der Waals surface area contributed by atoms with Gasteiger partial charge in [0.05, 0.1) is 31.5 Å². The third-order valence-corrected chi connectivity index (χ3v) is 5.53. The Morgan fingerprint density at radius 1 is 1.18 bits per heavy atom. The Morgan fingerprint density at radius 2 is 1.88 bits per heavy atom. The van der Waals surface area contributed by atoms with E-state index in [4.69, 9.17) is 4.74 Å². The Balaban J connectivity index is 1.57. The van der Waals surface area contributed by atoms with E-state index in [1.165, 1.54) is 6.07 Å². The van der Waals surface area contributed by atoms with Crippen LogP contribution in [0.5, 0.6) is 5.75 Å². The molecular weight excluding hydrogens is 440 g/mol. The van der Waals surface area contributed by atoms with Gasteiger partial charge in [-0.3, -0.25) is 4.98 Å². The Kier molecular flexibility index (Phi) is 8.49. The largest absolute Gasteiger partial charge is 0.493 e. The summed E-state index contributed by atoms with van der Waals surface area (Å²) in [5, 5.41) is 2.90. The number of piperidine rings is 1. The molecule has 0 aliphatic carbocycles. The maximum Gasteiger partial charge on any atom is 0.392 e. The summed E-state index contributed by atoms with van der Waals surface area (Å²) < 4.78 is 55.0. The zero-order chi connectivity index (χ0) is 23.8. The highest BCUT2D eigenvalue weighted by Crippen LogP contribution is 2.21. The Labute approximate surface area is 190 Å². The number of rotatable bonds is 8. The van der Waals surface area contributed by atoms with Gasteiger partial charge in [0.2, 0.25) is 0 Å². The monoisotopic (exact) mass is 468 g/mol. The maximum atomic E-state index is 13.2. The van der Waals surface area contributed by atoms with Crippen molar-refractivity contribution >= 4 is 6.03 Å². The second-order valence-electron chi connectivity index (χ2n) is 8.15. The Bertz CT molecular complexity index is 883. The highest BCUT2D eigenvalue weighted by molar-refractivity contribution is 5.74. The van der Waals surface area contributed by atoms with Gasteiger partial charge in [-0.15, -0.1) is 0 Å². The van der Waals surface area contributed by atoms with Gasteiger partial charge in [-0.25, -0.2) is 9.18 Å². The van der Waals surface area contributed by atoms with Crippen molar-refractivity contribution in [2.45, 2.75) is 44.6 Å². The van der Waals surface area contributed by atoms with Gasteiger partial charge >= 0.3 is 12.2 Å². The standard InChI is InChI=1S/C23H28F4N4O2/c1-30-11-8-20(9-12-30)31(16-19-5-4-18(24)15-28-19)22(32)29-14-17-2-6-21(7-3-17)33-13-10-23(25,26)27/h2-7,15,20H,8-14,16H2,1H3,(H,29,32). The van der Waals surface area contributed by atoms with Crippen LogP contribution in [0.4, 0.5) is 22.4 Å². The molecule has 2 amide bonds. The number of carbonyl (C=O) groups is 1. The molecule has 6 nitrogen and oxygen atoms in total. The van der Waals surface area contributed by atoms with Crippen LogP contribution >= 0.6 is 0 Å². The zero-order valence-electron chi connectivity index (χ0n) is 18.4. The molecule has 33 heavy (non-hydrogen) atoms. The lowest BCUT2D eigenvalue weighted by Crippen LogP contribution is -2.49. The molecule has 0 saturated carbocycles. The zero-order valence-corrected chi connectivity index (χ0v) is 18.4. The first-order valence-corrected chi connectivity index (χ1v) is 10.8. The van der Waals surface area contributed by atoms with Crippen molar-refractivity contribution in [2.24, 2.45) is 0 Å². The van der Waals surface area contributed by atoms with E-state index >= 15 is 0 Å². The molecular formula is C23H28F4N4O2. The number of carbonyl (C=O) groups excluding carboxylic acids is 1. The average molecular weight is 468 g/mol. The highest BCUT2D eigenvalue weighted by Gasteiger charge is 2.28. The van der Waals surface area contributed by atoms with E-state index in [2.05, 4.69) is 15.2 Å². The van der Waals surface area contributed by atoms with Crippen LogP contribution in [0.3, 0.4) is 0 Å². The minimum absolute atomic E-state index is 0.0393. The number of halogens is 4. The molecule has 1 N–H and O–H groups in total.